The normalized spacial score (nSPS) is 11.7. The van der Waals surface area contributed by atoms with Gasteiger partial charge in [-0.1, -0.05) is 31.9 Å². The van der Waals surface area contributed by atoms with E-state index < -0.39 is 10.0 Å². The summed E-state index contributed by atoms with van der Waals surface area (Å²) < 4.78 is 28.6. The van der Waals surface area contributed by atoms with Crippen molar-refractivity contribution in [2.75, 3.05) is 4.72 Å². The fraction of sp³-hybridized carbons (Fsp3) is 0.278. The molecule has 0 spiro atoms. The monoisotopic (exact) mass is 360 g/mol. The fourth-order valence-corrected chi connectivity index (χ4v) is 4.31. The van der Waals surface area contributed by atoms with Gasteiger partial charge in [0.15, 0.2) is 0 Å². The lowest BCUT2D eigenvalue weighted by atomic mass is 10.1. The van der Waals surface area contributed by atoms with Gasteiger partial charge >= 0.3 is 0 Å². The van der Waals surface area contributed by atoms with E-state index in [-0.39, 0.29) is 4.90 Å². The molecule has 0 aliphatic carbocycles. The molecule has 0 radical (unpaired) electrons. The van der Waals surface area contributed by atoms with E-state index in [9.17, 15) is 8.42 Å². The first-order chi connectivity index (χ1) is 11.6. The number of fused-ring (bicyclic) bond motifs is 1. The SMILES string of the molecule is CCCCCc1ccc(S(=O)(=O)Nc2ccc3ncsc3c2)cc1. The van der Waals surface area contributed by atoms with Crippen LogP contribution in [0, 0.1) is 0 Å². The molecule has 1 N–H and O–H groups in total. The fourth-order valence-electron chi connectivity index (χ4n) is 2.55. The van der Waals surface area contributed by atoms with Crippen molar-refractivity contribution < 1.29 is 8.42 Å². The lowest BCUT2D eigenvalue weighted by Crippen LogP contribution is -2.12. The van der Waals surface area contributed by atoms with Gasteiger partial charge in [0.25, 0.3) is 10.0 Å². The third-order valence-corrected chi connectivity index (χ3v) is 6.08. The second-order valence-electron chi connectivity index (χ2n) is 5.74. The summed E-state index contributed by atoms with van der Waals surface area (Å²) in [5.74, 6) is 0. The van der Waals surface area contributed by atoms with E-state index in [1.54, 1.807) is 23.7 Å². The van der Waals surface area contributed by atoms with Gasteiger partial charge in [0.05, 0.1) is 26.3 Å². The smallest absolute Gasteiger partial charge is 0.261 e. The van der Waals surface area contributed by atoms with Crippen LogP contribution in [0.2, 0.25) is 0 Å². The zero-order valence-electron chi connectivity index (χ0n) is 13.5. The molecule has 2 aromatic carbocycles. The molecular weight excluding hydrogens is 340 g/mol. The molecule has 0 aliphatic heterocycles. The largest absolute Gasteiger partial charge is 0.280 e. The summed E-state index contributed by atoms with van der Waals surface area (Å²) in [7, 11) is -3.57. The zero-order valence-corrected chi connectivity index (χ0v) is 15.2. The van der Waals surface area contributed by atoms with E-state index in [0.29, 0.717) is 5.69 Å². The second-order valence-corrected chi connectivity index (χ2v) is 8.31. The lowest BCUT2D eigenvalue weighted by Gasteiger charge is -2.09. The molecule has 4 nitrogen and oxygen atoms in total. The number of anilines is 1. The molecule has 6 heteroatoms. The minimum atomic E-state index is -3.57. The van der Waals surface area contributed by atoms with E-state index in [1.807, 2.05) is 24.3 Å². The quantitative estimate of drug-likeness (QED) is 0.614. The Morgan fingerprint density at radius 1 is 1.08 bits per heavy atom. The first kappa shape index (κ1) is 16.9. The Kier molecular flexibility index (Phi) is 5.16. The number of thiazole rings is 1. The van der Waals surface area contributed by atoms with Gasteiger partial charge in [0.1, 0.15) is 0 Å². The Morgan fingerprint density at radius 3 is 2.62 bits per heavy atom. The molecule has 24 heavy (non-hydrogen) atoms. The third-order valence-electron chi connectivity index (χ3n) is 3.89. The number of sulfonamides is 1. The molecule has 0 unspecified atom stereocenters. The van der Waals surface area contributed by atoms with E-state index in [1.165, 1.54) is 29.7 Å². The van der Waals surface area contributed by atoms with Crippen LogP contribution >= 0.6 is 11.3 Å². The van der Waals surface area contributed by atoms with Gasteiger partial charge in [-0.15, -0.1) is 11.3 Å². The minimum Gasteiger partial charge on any atom is -0.280 e. The highest BCUT2D eigenvalue weighted by Gasteiger charge is 2.14. The van der Waals surface area contributed by atoms with E-state index >= 15 is 0 Å². The van der Waals surface area contributed by atoms with Gasteiger partial charge in [-0.25, -0.2) is 13.4 Å². The number of aryl methyl sites for hydroxylation is 1. The van der Waals surface area contributed by atoms with Crippen molar-refractivity contribution in [1.29, 1.82) is 0 Å². The first-order valence-corrected chi connectivity index (χ1v) is 10.4. The number of unbranched alkanes of at least 4 members (excludes halogenated alkanes) is 2. The molecule has 0 amide bonds. The molecule has 126 valence electrons. The van der Waals surface area contributed by atoms with Crippen molar-refractivity contribution in [2.24, 2.45) is 0 Å². The number of rotatable bonds is 7. The molecular formula is C18H20N2O2S2. The Labute approximate surface area is 146 Å². The highest BCUT2D eigenvalue weighted by atomic mass is 32.2. The van der Waals surface area contributed by atoms with Crippen LogP contribution in [0.3, 0.4) is 0 Å². The molecule has 3 aromatic rings. The molecule has 0 fully saturated rings. The Hall–Kier alpha value is -1.92. The van der Waals surface area contributed by atoms with Crippen LogP contribution in [0.15, 0.2) is 52.9 Å². The van der Waals surface area contributed by atoms with Gasteiger partial charge in [0.2, 0.25) is 0 Å². The van der Waals surface area contributed by atoms with Crippen LogP contribution in [-0.4, -0.2) is 13.4 Å². The van der Waals surface area contributed by atoms with Crippen molar-refractivity contribution in [1.82, 2.24) is 4.98 Å². The average molecular weight is 361 g/mol. The molecule has 1 heterocycles. The van der Waals surface area contributed by atoms with Crippen molar-refractivity contribution in [3.63, 3.8) is 0 Å². The highest BCUT2D eigenvalue weighted by molar-refractivity contribution is 7.92. The number of aromatic nitrogens is 1. The van der Waals surface area contributed by atoms with Crippen LogP contribution in [-0.2, 0) is 16.4 Å². The van der Waals surface area contributed by atoms with Gasteiger partial charge in [-0.2, -0.15) is 0 Å². The van der Waals surface area contributed by atoms with E-state index in [0.717, 1.165) is 23.1 Å². The van der Waals surface area contributed by atoms with Gasteiger partial charge in [0, 0.05) is 0 Å². The summed E-state index contributed by atoms with van der Waals surface area (Å²) in [4.78, 5) is 4.48. The molecule has 3 rings (SSSR count). The van der Waals surface area contributed by atoms with Crippen molar-refractivity contribution in [3.05, 3.63) is 53.5 Å². The number of nitrogens with zero attached hydrogens (tertiary/aromatic N) is 1. The summed E-state index contributed by atoms with van der Waals surface area (Å²) in [5, 5.41) is 0. The second kappa shape index (κ2) is 7.32. The molecule has 0 bridgehead atoms. The van der Waals surface area contributed by atoms with Crippen LogP contribution in [0.5, 0.6) is 0 Å². The maximum Gasteiger partial charge on any atom is 0.261 e. The van der Waals surface area contributed by atoms with E-state index in [2.05, 4.69) is 16.6 Å². The number of nitrogens with one attached hydrogen (secondary N) is 1. The third kappa shape index (κ3) is 3.94. The summed E-state index contributed by atoms with van der Waals surface area (Å²) in [6, 6.07) is 12.5. The summed E-state index contributed by atoms with van der Waals surface area (Å²) in [6.45, 7) is 2.17. The van der Waals surface area contributed by atoms with Crippen LogP contribution < -0.4 is 4.72 Å². The summed E-state index contributed by atoms with van der Waals surface area (Å²) >= 11 is 1.49. The van der Waals surface area contributed by atoms with Crippen molar-refractivity contribution >= 4 is 37.3 Å². The Bertz CT molecular complexity index is 916. The maximum atomic E-state index is 12.5. The summed E-state index contributed by atoms with van der Waals surface area (Å²) in [5.41, 5.74) is 4.35. The molecule has 0 aliphatic rings. The predicted molar refractivity (Wildman–Crippen MR) is 100 cm³/mol. The Balaban J connectivity index is 1.74. The average Bonchev–Trinajstić information content (AvgIpc) is 3.03. The summed E-state index contributed by atoms with van der Waals surface area (Å²) in [6.07, 6.45) is 4.50. The van der Waals surface area contributed by atoms with Gasteiger partial charge < -0.3 is 0 Å². The molecule has 0 atom stereocenters. The number of hydrogen-bond donors (Lipinski definition) is 1. The topological polar surface area (TPSA) is 59.1 Å². The molecule has 0 saturated carbocycles. The first-order valence-electron chi connectivity index (χ1n) is 8.03. The molecule has 0 saturated heterocycles. The standard InChI is InChI=1S/C18H20N2O2S2/c1-2-3-4-5-14-6-9-16(10-7-14)24(21,22)20-15-8-11-17-18(12-15)23-13-19-17/h6-13,20H,2-5H2,1H3. The predicted octanol–water partition coefficient (Wildman–Crippen LogP) is 4.83. The number of hydrogen-bond acceptors (Lipinski definition) is 4. The van der Waals surface area contributed by atoms with Crippen LogP contribution in [0.25, 0.3) is 10.2 Å². The highest BCUT2D eigenvalue weighted by Crippen LogP contribution is 2.24. The lowest BCUT2D eigenvalue weighted by molar-refractivity contribution is 0.601. The minimum absolute atomic E-state index is 0.283. The van der Waals surface area contributed by atoms with E-state index in [4.69, 9.17) is 0 Å². The molecule has 1 aromatic heterocycles. The van der Waals surface area contributed by atoms with Crippen molar-refractivity contribution in [3.8, 4) is 0 Å². The van der Waals surface area contributed by atoms with Crippen LogP contribution in [0.1, 0.15) is 31.7 Å². The Morgan fingerprint density at radius 2 is 1.88 bits per heavy atom. The van der Waals surface area contributed by atoms with Crippen LogP contribution in [0.4, 0.5) is 5.69 Å². The number of benzene rings is 2. The zero-order chi connectivity index (χ0) is 17.0. The maximum absolute atomic E-state index is 12.5. The van der Waals surface area contributed by atoms with Gasteiger partial charge in [-0.3, -0.25) is 4.72 Å². The van der Waals surface area contributed by atoms with Crippen molar-refractivity contribution in [2.45, 2.75) is 37.5 Å². The van der Waals surface area contributed by atoms with Gasteiger partial charge in [-0.05, 0) is 48.7 Å².